The highest BCUT2D eigenvalue weighted by molar-refractivity contribution is 6.35. The van der Waals surface area contributed by atoms with Crippen molar-refractivity contribution in [3.8, 4) is 11.5 Å². The maximum absolute atomic E-state index is 12.7. The van der Waals surface area contributed by atoms with E-state index in [2.05, 4.69) is 5.32 Å². The standard InChI is InChI=1S/C20H18Cl2N2O4/c21-13-2-3-16(22)15(10-13)20(26)24-7-5-14(6-8-24)23-19(25)12-1-4-17-18(9-12)28-11-27-17/h1-4,9-10,14H,5-8,11H2,(H,23,25). The smallest absolute Gasteiger partial charge is 0.255 e. The summed E-state index contributed by atoms with van der Waals surface area (Å²) in [6.07, 6.45) is 1.33. The second kappa shape index (κ2) is 7.89. The molecule has 0 atom stereocenters. The number of hydrogen-bond donors (Lipinski definition) is 1. The van der Waals surface area contributed by atoms with Crippen molar-refractivity contribution in [1.29, 1.82) is 0 Å². The molecule has 8 heteroatoms. The summed E-state index contributed by atoms with van der Waals surface area (Å²) in [6, 6.07) is 9.97. The van der Waals surface area contributed by atoms with Crippen molar-refractivity contribution in [3.05, 3.63) is 57.6 Å². The summed E-state index contributed by atoms with van der Waals surface area (Å²) >= 11 is 12.1. The zero-order chi connectivity index (χ0) is 19.7. The van der Waals surface area contributed by atoms with Crippen LogP contribution in [0.15, 0.2) is 36.4 Å². The highest BCUT2D eigenvalue weighted by atomic mass is 35.5. The average molecular weight is 421 g/mol. The number of halogens is 2. The Kier molecular flexibility index (Phi) is 5.33. The summed E-state index contributed by atoms with van der Waals surface area (Å²) in [5, 5.41) is 3.88. The SMILES string of the molecule is O=C(NC1CCN(C(=O)c2cc(Cl)ccc2Cl)CC1)c1ccc2c(c1)OCO2. The van der Waals surface area contributed by atoms with Crippen LogP contribution in [0, 0.1) is 0 Å². The lowest BCUT2D eigenvalue weighted by Crippen LogP contribution is -2.46. The number of benzene rings is 2. The van der Waals surface area contributed by atoms with Crippen LogP contribution in [-0.4, -0.2) is 42.6 Å². The van der Waals surface area contributed by atoms with Gasteiger partial charge in [0.2, 0.25) is 6.79 Å². The van der Waals surface area contributed by atoms with Gasteiger partial charge in [-0.05, 0) is 49.2 Å². The van der Waals surface area contributed by atoms with Crippen LogP contribution in [0.4, 0.5) is 0 Å². The summed E-state index contributed by atoms with van der Waals surface area (Å²) < 4.78 is 10.6. The van der Waals surface area contributed by atoms with Crippen LogP contribution in [0.25, 0.3) is 0 Å². The molecule has 2 amide bonds. The maximum atomic E-state index is 12.7. The molecular weight excluding hydrogens is 403 g/mol. The first-order valence-electron chi connectivity index (χ1n) is 8.96. The minimum atomic E-state index is -0.166. The molecule has 2 aliphatic heterocycles. The molecule has 28 heavy (non-hydrogen) atoms. The molecule has 1 fully saturated rings. The summed E-state index contributed by atoms with van der Waals surface area (Å²) in [6.45, 7) is 1.24. The molecule has 0 bridgehead atoms. The summed E-state index contributed by atoms with van der Waals surface area (Å²) in [7, 11) is 0. The lowest BCUT2D eigenvalue weighted by Gasteiger charge is -2.32. The van der Waals surface area contributed by atoms with E-state index in [1.54, 1.807) is 41.3 Å². The van der Waals surface area contributed by atoms with Crippen LogP contribution in [0.1, 0.15) is 33.6 Å². The predicted molar refractivity (Wildman–Crippen MR) is 105 cm³/mol. The molecule has 6 nitrogen and oxygen atoms in total. The molecule has 0 saturated carbocycles. The van der Waals surface area contributed by atoms with E-state index in [9.17, 15) is 9.59 Å². The van der Waals surface area contributed by atoms with Crippen LogP contribution < -0.4 is 14.8 Å². The van der Waals surface area contributed by atoms with Crippen LogP contribution in [0.2, 0.25) is 10.0 Å². The third-order valence-corrected chi connectivity index (χ3v) is 5.48. The first-order chi connectivity index (χ1) is 13.5. The van der Waals surface area contributed by atoms with Crippen LogP contribution in [0.5, 0.6) is 11.5 Å². The van der Waals surface area contributed by atoms with Crippen molar-refractivity contribution in [2.45, 2.75) is 18.9 Å². The molecule has 2 aromatic rings. The van der Waals surface area contributed by atoms with Crippen LogP contribution >= 0.6 is 23.2 Å². The number of rotatable bonds is 3. The van der Waals surface area contributed by atoms with Gasteiger partial charge in [0, 0.05) is 29.7 Å². The molecule has 146 valence electrons. The average Bonchev–Trinajstić information content (AvgIpc) is 3.17. The molecule has 0 unspecified atom stereocenters. The van der Waals surface area contributed by atoms with Gasteiger partial charge in [-0.15, -0.1) is 0 Å². The van der Waals surface area contributed by atoms with E-state index in [0.717, 1.165) is 0 Å². The minimum absolute atomic E-state index is 0.00296. The number of carbonyl (C=O) groups is 2. The minimum Gasteiger partial charge on any atom is -0.454 e. The van der Waals surface area contributed by atoms with E-state index in [-0.39, 0.29) is 24.6 Å². The number of fused-ring (bicyclic) bond motifs is 1. The van der Waals surface area contributed by atoms with Gasteiger partial charge in [-0.2, -0.15) is 0 Å². The molecule has 4 rings (SSSR count). The van der Waals surface area contributed by atoms with Crippen molar-refractivity contribution in [2.75, 3.05) is 19.9 Å². The molecular formula is C20H18Cl2N2O4. The van der Waals surface area contributed by atoms with Crippen molar-refractivity contribution >= 4 is 35.0 Å². The highest BCUT2D eigenvalue weighted by Crippen LogP contribution is 2.32. The zero-order valence-corrected chi connectivity index (χ0v) is 16.4. The molecule has 2 heterocycles. The topological polar surface area (TPSA) is 67.9 Å². The molecule has 0 aromatic heterocycles. The Bertz CT molecular complexity index is 926. The Morgan fingerprint density at radius 3 is 2.54 bits per heavy atom. The van der Waals surface area contributed by atoms with Crippen molar-refractivity contribution in [3.63, 3.8) is 0 Å². The fourth-order valence-corrected chi connectivity index (χ4v) is 3.74. The van der Waals surface area contributed by atoms with E-state index in [4.69, 9.17) is 32.7 Å². The number of amides is 2. The van der Waals surface area contributed by atoms with Gasteiger partial charge >= 0.3 is 0 Å². The van der Waals surface area contributed by atoms with Gasteiger partial charge < -0.3 is 19.7 Å². The van der Waals surface area contributed by atoms with Gasteiger partial charge in [-0.1, -0.05) is 23.2 Å². The Balaban J connectivity index is 1.34. The number of ether oxygens (including phenoxy) is 2. The molecule has 1 saturated heterocycles. The quantitative estimate of drug-likeness (QED) is 0.820. The number of nitrogens with one attached hydrogen (secondary N) is 1. The molecule has 1 N–H and O–H groups in total. The second-order valence-electron chi connectivity index (χ2n) is 6.73. The van der Waals surface area contributed by atoms with Gasteiger partial charge in [0.15, 0.2) is 11.5 Å². The summed E-state index contributed by atoms with van der Waals surface area (Å²) in [5.41, 5.74) is 0.922. The highest BCUT2D eigenvalue weighted by Gasteiger charge is 2.26. The summed E-state index contributed by atoms with van der Waals surface area (Å²) in [5.74, 6) is 0.906. The largest absolute Gasteiger partial charge is 0.454 e. The van der Waals surface area contributed by atoms with Crippen LogP contribution in [0.3, 0.4) is 0 Å². The number of likely N-dealkylation sites (tertiary alicyclic amines) is 1. The zero-order valence-electron chi connectivity index (χ0n) is 14.9. The number of hydrogen-bond acceptors (Lipinski definition) is 4. The van der Waals surface area contributed by atoms with E-state index in [0.29, 0.717) is 58.6 Å². The normalized spacial score (nSPS) is 16.1. The van der Waals surface area contributed by atoms with E-state index in [1.165, 1.54) is 0 Å². The second-order valence-corrected chi connectivity index (χ2v) is 7.58. The first kappa shape index (κ1) is 18.9. The van der Waals surface area contributed by atoms with Gasteiger partial charge in [0.1, 0.15) is 0 Å². The molecule has 0 radical (unpaired) electrons. The Morgan fingerprint density at radius 1 is 1.00 bits per heavy atom. The fourth-order valence-electron chi connectivity index (χ4n) is 3.37. The monoisotopic (exact) mass is 420 g/mol. The third-order valence-electron chi connectivity index (χ3n) is 4.91. The molecule has 0 spiro atoms. The van der Waals surface area contributed by atoms with Crippen molar-refractivity contribution in [1.82, 2.24) is 10.2 Å². The Morgan fingerprint density at radius 2 is 1.75 bits per heavy atom. The Labute approximate surface area is 172 Å². The number of carbonyl (C=O) groups excluding carboxylic acids is 2. The third kappa shape index (κ3) is 3.88. The first-order valence-corrected chi connectivity index (χ1v) is 9.72. The molecule has 2 aliphatic rings. The molecule has 0 aliphatic carbocycles. The fraction of sp³-hybridized carbons (Fsp3) is 0.300. The predicted octanol–water partition coefficient (Wildman–Crippen LogP) is 3.76. The van der Waals surface area contributed by atoms with Crippen molar-refractivity contribution < 1.29 is 19.1 Å². The number of piperidine rings is 1. The van der Waals surface area contributed by atoms with Crippen LogP contribution in [-0.2, 0) is 0 Å². The van der Waals surface area contributed by atoms with Gasteiger partial charge in [-0.25, -0.2) is 0 Å². The number of nitrogens with zero attached hydrogens (tertiary/aromatic N) is 1. The van der Waals surface area contributed by atoms with Gasteiger partial charge in [0.05, 0.1) is 10.6 Å². The van der Waals surface area contributed by atoms with E-state index < -0.39 is 0 Å². The Hall–Kier alpha value is -2.44. The van der Waals surface area contributed by atoms with E-state index in [1.807, 2.05) is 0 Å². The lowest BCUT2D eigenvalue weighted by atomic mass is 10.0. The summed E-state index contributed by atoms with van der Waals surface area (Å²) in [4.78, 5) is 26.9. The van der Waals surface area contributed by atoms with Gasteiger partial charge in [-0.3, -0.25) is 9.59 Å². The van der Waals surface area contributed by atoms with Gasteiger partial charge in [0.25, 0.3) is 11.8 Å². The van der Waals surface area contributed by atoms with E-state index >= 15 is 0 Å². The lowest BCUT2D eigenvalue weighted by molar-refractivity contribution is 0.0698. The maximum Gasteiger partial charge on any atom is 0.255 e. The molecule has 2 aromatic carbocycles. The van der Waals surface area contributed by atoms with Crippen molar-refractivity contribution in [2.24, 2.45) is 0 Å².